The van der Waals surface area contributed by atoms with E-state index in [0.29, 0.717) is 6.42 Å². The van der Waals surface area contributed by atoms with Crippen molar-refractivity contribution in [1.29, 1.82) is 0 Å². The minimum absolute atomic E-state index is 0.219. The second-order valence-electron chi connectivity index (χ2n) is 5.64. The highest BCUT2D eigenvalue weighted by Crippen LogP contribution is 2.19. The number of ether oxygens (including phenoxy) is 1. The number of rotatable bonds is 3. The van der Waals surface area contributed by atoms with Crippen molar-refractivity contribution in [3.05, 3.63) is 0 Å². The molecule has 1 aliphatic heterocycles. The van der Waals surface area contributed by atoms with E-state index < -0.39 is 23.7 Å². The van der Waals surface area contributed by atoms with Crippen LogP contribution in [0.15, 0.2) is 0 Å². The number of carboxylic acid groups (broad SMARTS) is 1. The molecule has 0 aromatic heterocycles. The van der Waals surface area contributed by atoms with E-state index in [1.807, 2.05) is 0 Å². The largest absolute Gasteiger partial charge is 0.480 e. The first-order chi connectivity index (χ1) is 8.60. The molecule has 0 aromatic carbocycles. The van der Waals surface area contributed by atoms with E-state index in [0.717, 1.165) is 0 Å². The predicted molar refractivity (Wildman–Crippen MR) is 66.6 cm³/mol. The number of nitrogens with one attached hydrogen (secondary N) is 1. The molecule has 0 radical (unpaired) electrons. The average molecular weight is 272 g/mol. The minimum Gasteiger partial charge on any atom is -0.480 e. The number of carbonyl (C=O) groups is 3. The molecular weight excluding hydrogens is 252 g/mol. The van der Waals surface area contributed by atoms with Gasteiger partial charge in [0.05, 0.1) is 0 Å². The highest BCUT2D eigenvalue weighted by Gasteiger charge is 2.39. The molecule has 0 bridgehead atoms. The van der Waals surface area contributed by atoms with Crippen LogP contribution in [0.2, 0.25) is 0 Å². The zero-order chi connectivity index (χ0) is 14.8. The Hall–Kier alpha value is -1.79. The van der Waals surface area contributed by atoms with Crippen molar-refractivity contribution >= 4 is 18.0 Å². The van der Waals surface area contributed by atoms with E-state index in [4.69, 9.17) is 9.84 Å². The summed E-state index contributed by atoms with van der Waals surface area (Å²) < 4.78 is 5.06. The molecular formula is C12H20N2O5. The molecule has 1 heterocycles. The molecule has 2 amide bonds. The van der Waals surface area contributed by atoms with Gasteiger partial charge in [-0.1, -0.05) is 0 Å². The fourth-order valence-corrected chi connectivity index (χ4v) is 1.94. The fourth-order valence-electron chi connectivity index (χ4n) is 1.94. The molecule has 0 spiro atoms. The molecule has 1 rings (SSSR count). The molecule has 1 fully saturated rings. The monoisotopic (exact) mass is 272 g/mol. The zero-order valence-electron chi connectivity index (χ0n) is 11.6. The third-order valence-electron chi connectivity index (χ3n) is 2.69. The second kappa shape index (κ2) is 5.46. The Balaban J connectivity index is 2.60. The number of carboxylic acids is 1. The molecule has 0 aliphatic carbocycles. The van der Waals surface area contributed by atoms with Gasteiger partial charge in [-0.05, 0) is 34.1 Å². The van der Waals surface area contributed by atoms with Gasteiger partial charge in [0.1, 0.15) is 18.2 Å². The van der Waals surface area contributed by atoms with Gasteiger partial charge in [-0.15, -0.1) is 0 Å². The van der Waals surface area contributed by atoms with Gasteiger partial charge in [-0.3, -0.25) is 9.59 Å². The molecule has 19 heavy (non-hydrogen) atoms. The van der Waals surface area contributed by atoms with Crippen molar-refractivity contribution in [2.24, 2.45) is 0 Å². The maximum atomic E-state index is 11.9. The summed E-state index contributed by atoms with van der Waals surface area (Å²) in [5.41, 5.74) is -0.641. The van der Waals surface area contributed by atoms with Gasteiger partial charge >= 0.3 is 12.1 Å². The summed E-state index contributed by atoms with van der Waals surface area (Å²) in [7, 11) is 0. The summed E-state index contributed by atoms with van der Waals surface area (Å²) in [6.45, 7) is 6.57. The van der Waals surface area contributed by atoms with E-state index >= 15 is 0 Å². The molecule has 7 nitrogen and oxygen atoms in total. The topological polar surface area (TPSA) is 95.9 Å². The number of amides is 2. The van der Waals surface area contributed by atoms with Gasteiger partial charge in [-0.25, -0.2) is 4.79 Å². The summed E-state index contributed by atoms with van der Waals surface area (Å²) >= 11 is 0. The van der Waals surface area contributed by atoms with Crippen LogP contribution in [0.5, 0.6) is 0 Å². The number of alkyl carbamates (subject to hydrolysis) is 1. The van der Waals surface area contributed by atoms with Crippen molar-refractivity contribution in [2.45, 2.75) is 51.8 Å². The zero-order valence-corrected chi connectivity index (χ0v) is 11.6. The Morgan fingerprint density at radius 3 is 2.53 bits per heavy atom. The molecule has 0 aromatic rings. The predicted octanol–water partition coefficient (Wildman–Crippen LogP) is 0.585. The van der Waals surface area contributed by atoms with Crippen molar-refractivity contribution in [2.75, 3.05) is 6.54 Å². The highest BCUT2D eigenvalue weighted by atomic mass is 16.6. The maximum Gasteiger partial charge on any atom is 0.408 e. The number of carbonyl (C=O) groups excluding carboxylic acids is 2. The molecule has 0 saturated carbocycles. The van der Waals surface area contributed by atoms with Gasteiger partial charge in [0.15, 0.2) is 0 Å². The summed E-state index contributed by atoms with van der Waals surface area (Å²) in [6, 6.07) is -0.937. The smallest absolute Gasteiger partial charge is 0.408 e. The lowest BCUT2D eigenvalue weighted by Gasteiger charge is -2.21. The maximum absolute atomic E-state index is 11.9. The first-order valence-electron chi connectivity index (χ1n) is 6.12. The van der Waals surface area contributed by atoms with Gasteiger partial charge < -0.3 is 20.1 Å². The molecule has 7 heteroatoms. The van der Waals surface area contributed by atoms with E-state index in [2.05, 4.69) is 5.32 Å². The molecule has 2 N–H and O–H groups in total. The third kappa shape index (κ3) is 4.42. The Labute approximate surface area is 111 Å². The van der Waals surface area contributed by atoms with Crippen LogP contribution in [0, 0.1) is 0 Å². The van der Waals surface area contributed by atoms with Gasteiger partial charge in [0.25, 0.3) is 0 Å². The van der Waals surface area contributed by atoms with E-state index in [9.17, 15) is 14.4 Å². The van der Waals surface area contributed by atoms with Crippen LogP contribution < -0.4 is 5.32 Å². The second-order valence-corrected chi connectivity index (χ2v) is 5.64. The standard InChI is InChI=1S/C12H20N2O5/c1-7-5-8(10(17)14(7)6-9(15)16)13-11(18)19-12(2,3)4/h7-8H,5-6H2,1-4H3,(H,13,18)(H,15,16)/t7-,8+/m1/s1. The Kier molecular flexibility index (Phi) is 4.39. The van der Waals surface area contributed by atoms with E-state index in [1.165, 1.54) is 4.90 Å². The lowest BCUT2D eigenvalue weighted by molar-refractivity contribution is -0.144. The Bertz CT molecular complexity index is 388. The van der Waals surface area contributed by atoms with Crippen molar-refractivity contribution in [3.8, 4) is 0 Å². The third-order valence-corrected chi connectivity index (χ3v) is 2.69. The van der Waals surface area contributed by atoms with Crippen LogP contribution in [-0.4, -0.2) is 52.2 Å². The fraction of sp³-hybridized carbons (Fsp3) is 0.750. The van der Waals surface area contributed by atoms with E-state index in [1.54, 1.807) is 27.7 Å². The highest BCUT2D eigenvalue weighted by molar-refractivity contribution is 5.90. The Morgan fingerprint density at radius 2 is 2.05 bits per heavy atom. The molecule has 0 unspecified atom stereocenters. The molecule has 1 aliphatic rings. The Morgan fingerprint density at radius 1 is 1.47 bits per heavy atom. The average Bonchev–Trinajstić information content (AvgIpc) is 2.42. The summed E-state index contributed by atoms with van der Waals surface area (Å²) in [5.74, 6) is -1.46. The van der Waals surface area contributed by atoms with Crippen molar-refractivity contribution < 1.29 is 24.2 Å². The molecule has 108 valence electrons. The van der Waals surface area contributed by atoms with E-state index in [-0.39, 0.29) is 18.5 Å². The lowest BCUT2D eigenvalue weighted by atomic mass is 10.2. The van der Waals surface area contributed by atoms with Crippen molar-refractivity contribution in [3.63, 3.8) is 0 Å². The van der Waals surface area contributed by atoms with Crippen LogP contribution in [-0.2, 0) is 14.3 Å². The van der Waals surface area contributed by atoms with Crippen LogP contribution >= 0.6 is 0 Å². The number of hydrogen-bond donors (Lipinski definition) is 2. The first-order valence-corrected chi connectivity index (χ1v) is 6.12. The molecule has 1 saturated heterocycles. The lowest BCUT2D eigenvalue weighted by Crippen LogP contribution is -2.44. The number of hydrogen-bond acceptors (Lipinski definition) is 4. The first kappa shape index (κ1) is 15.3. The van der Waals surface area contributed by atoms with Crippen molar-refractivity contribution in [1.82, 2.24) is 10.2 Å². The SMILES string of the molecule is C[C@@H]1C[C@H](NC(=O)OC(C)(C)C)C(=O)N1CC(=O)O. The van der Waals surface area contributed by atoms with Gasteiger partial charge in [-0.2, -0.15) is 0 Å². The quantitative estimate of drug-likeness (QED) is 0.783. The van der Waals surface area contributed by atoms with Crippen LogP contribution in [0.4, 0.5) is 4.79 Å². The van der Waals surface area contributed by atoms with Gasteiger partial charge in [0, 0.05) is 6.04 Å². The van der Waals surface area contributed by atoms with Gasteiger partial charge in [0.2, 0.25) is 5.91 Å². The van der Waals surface area contributed by atoms with Crippen LogP contribution in [0.3, 0.4) is 0 Å². The molecule has 2 atom stereocenters. The summed E-state index contributed by atoms with van der Waals surface area (Å²) in [6.07, 6.45) is -0.291. The summed E-state index contributed by atoms with van der Waals surface area (Å²) in [4.78, 5) is 35.4. The summed E-state index contributed by atoms with van der Waals surface area (Å²) in [5, 5.41) is 11.2. The van der Waals surface area contributed by atoms with Crippen LogP contribution in [0.1, 0.15) is 34.1 Å². The number of likely N-dealkylation sites (tertiary alicyclic amines) is 1. The minimum atomic E-state index is -1.07. The van der Waals surface area contributed by atoms with Crippen LogP contribution in [0.25, 0.3) is 0 Å². The number of nitrogens with zero attached hydrogens (tertiary/aromatic N) is 1. The normalized spacial score (nSPS) is 23.4. The number of aliphatic carboxylic acids is 1.